The molecule has 2 rings (SSSR count). The SMILES string of the molecule is C#CCOCCOCCOCCOCCC(=O)N(CCCCNC(=O)O[C@H]([C@H](O)CO)[C@H]1C[C@@H](N=C(N)N)C=C(C(=O)O)O1)CCOCCOCCNC(=O)O[C@@H]([C@@H]1OC(C(=O)O)=CC[C@H]1NC(C)=O)[C@H](O)CO. The fourth-order valence-electron chi connectivity index (χ4n) is 6.93. The van der Waals surface area contributed by atoms with Crippen molar-refractivity contribution < 1.29 is 107 Å². The van der Waals surface area contributed by atoms with Crippen LogP contribution >= 0.6 is 0 Å². The summed E-state index contributed by atoms with van der Waals surface area (Å²) < 4.78 is 54.3. The molecular formula is C45H73N7O22. The zero-order chi connectivity index (χ0) is 54.7. The summed E-state index contributed by atoms with van der Waals surface area (Å²) in [6.45, 7) is 2.40. The summed E-state index contributed by atoms with van der Waals surface area (Å²) in [6, 6.07) is -1.78. The van der Waals surface area contributed by atoms with Gasteiger partial charge in [-0.3, -0.25) is 9.59 Å². The average Bonchev–Trinajstić information content (AvgIpc) is 3.36. The van der Waals surface area contributed by atoms with Gasteiger partial charge in [-0.25, -0.2) is 24.2 Å². The van der Waals surface area contributed by atoms with Crippen molar-refractivity contribution in [2.45, 2.75) is 87.7 Å². The normalized spacial score (nSPS) is 18.8. The molecule has 2 aliphatic rings. The molecule has 0 aromatic heterocycles. The summed E-state index contributed by atoms with van der Waals surface area (Å²) in [7, 11) is 0. The minimum Gasteiger partial charge on any atom is -0.479 e. The number of alkyl carbamates (subject to hydrolysis) is 2. The van der Waals surface area contributed by atoms with Crippen molar-refractivity contribution in [3.05, 3.63) is 23.7 Å². The Morgan fingerprint density at radius 3 is 1.89 bits per heavy atom. The second kappa shape index (κ2) is 37.6. The minimum atomic E-state index is -1.70. The van der Waals surface area contributed by atoms with Gasteiger partial charge in [0.25, 0.3) is 0 Å². The van der Waals surface area contributed by atoms with Crippen LogP contribution in [0.2, 0.25) is 0 Å². The third kappa shape index (κ3) is 26.8. The summed E-state index contributed by atoms with van der Waals surface area (Å²) in [5.41, 5.74) is 10.9. The van der Waals surface area contributed by atoms with Crippen molar-refractivity contribution >= 4 is 41.9 Å². The van der Waals surface area contributed by atoms with Crippen LogP contribution in [-0.4, -0.2) is 245 Å². The number of carbonyl (C=O) groups is 6. The lowest BCUT2D eigenvalue weighted by molar-refractivity contribution is -0.145. The molecule has 0 spiro atoms. The highest BCUT2D eigenvalue weighted by molar-refractivity contribution is 5.85. The van der Waals surface area contributed by atoms with Crippen LogP contribution in [0.3, 0.4) is 0 Å². The number of carboxylic acids is 2. The highest BCUT2D eigenvalue weighted by atomic mass is 16.6. The van der Waals surface area contributed by atoms with Gasteiger partial charge in [-0.05, 0) is 31.4 Å². The van der Waals surface area contributed by atoms with Gasteiger partial charge in [-0.2, -0.15) is 0 Å². The number of guanidine groups is 1. The largest absolute Gasteiger partial charge is 0.479 e. The van der Waals surface area contributed by atoms with Crippen LogP contribution in [-0.2, 0) is 66.5 Å². The summed E-state index contributed by atoms with van der Waals surface area (Å²) in [4.78, 5) is 79.3. The molecule has 0 aromatic rings. The van der Waals surface area contributed by atoms with Gasteiger partial charge >= 0.3 is 24.1 Å². The topological polar surface area (TPSA) is 420 Å². The van der Waals surface area contributed by atoms with E-state index in [0.29, 0.717) is 39.3 Å². The van der Waals surface area contributed by atoms with Gasteiger partial charge in [0.2, 0.25) is 23.3 Å². The van der Waals surface area contributed by atoms with E-state index in [0.717, 1.165) is 6.08 Å². The van der Waals surface area contributed by atoms with Gasteiger partial charge in [0.1, 0.15) is 24.9 Å². The maximum absolute atomic E-state index is 13.3. The first-order valence-electron chi connectivity index (χ1n) is 23.7. The maximum atomic E-state index is 13.3. The number of aliphatic hydroxyl groups is 4. The van der Waals surface area contributed by atoms with Crippen LogP contribution in [0.1, 0.15) is 39.0 Å². The molecule has 0 aliphatic carbocycles. The first kappa shape index (κ1) is 64.0. The monoisotopic (exact) mass is 1060 g/mol. The molecule has 8 atom stereocenters. The molecule has 4 amide bonds. The number of unbranched alkanes of at least 4 members (excludes halogenated alkanes) is 1. The molecule has 0 unspecified atom stereocenters. The summed E-state index contributed by atoms with van der Waals surface area (Å²) in [5.74, 6) is -2.63. The van der Waals surface area contributed by atoms with Gasteiger partial charge in [0.05, 0.1) is 104 Å². The minimum absolute atomic E-state index is 0.0138. The molecule has 0 saturated carbocycles. The molecule has 0 bridgehead atoms. The highest BCUT2D eigenvalue weighted by Gasteiger charge is 2.43. The van der Waals surface area contributed by atoms with Crippen LogP contribution in [0.25, 0.3) is 0 Å². The number of nitrogens with two attached hydrogens (primary N) is 2. The van der Waals surface area contributed by atoms with Crippen LogP contribution < -0.4 is 27.4 Å². The number of amides is 4. The van der Waals surface area contributed by atoms with E-state index >= 15 is 0 Å². The number of aliphatic carboxylic acids is 2. The average molecular weight is 1060 g/mol. The van der Waals surface area contributed by atoms with E-state index < -0.39 is 103 Å². The van der Waals surface area contributed by atoms with E-state index in [1.807, 2.05) is 0 Å². The van der Waals surface area contributed by atoms with E-state index in [1.54, 1.807) is 4.90 Å². The number of carbonyl (C=O) groups excluding carboxylic acids is 4. The Morgan fingerprint density at radius 1 is 0.757 bits per heavy atom. The lowest BCUT2D eigenvalue weighted by Gasteiger charge is -2.37. The second-order valence-electron chi connectivity index (χ2n) is 16.1. The number of rotatable bonds is 39. The first-order valence-corrected chi connectivity index (χ1v) is 23.7. The predicted molar refractivity (Wildman–Crippen MR) is 255 cm³/mol. The fourth-order valence-corrected chi connectivity index (χ4v) is 6.93. The summed E-state index contributed by atoms with van der Waals surface area (Å²) in [5, 5.41) is 66.6. The van der Waals surface area contributed by atoms with E-state index in [1.165, 1.54) is 13.0 Å². The van der Waals surface area contributed by atoms with Crippen molar-refractivity contribution in [3.8, 4) is 12.3 Å². The molecule has 0 fully saturated rings. The van der Waals surface area contributed by atoms with E-state index in [9.17, 15) is 59.4 Å². The van der Waals surface area contributed by atoms with E-state index in [2.05, 4.69) is 26.9 Å². The molecule has 420 valence electrons. The van der Waals surface area contributed by atoms with E-state index in [4.69, 9.17) is 65.3 Å². The van der Waals surface area contributed by atoms with Crippen LogP contribution in [0, 0.1) is 12.3 Å². The molecule has 13 N–H and O–H groups in total. The number of ether oxygens (including phenoxy) is 10. The molecule has 0 saturated heterocycles. The van der Waals surface area contributed by atoms with Crippen LogP contribution in [0.4, 0.5) is 9.59 Å². The number of aliphatic imine (C=N–C) groups is 1. The Hall–Kier alpha value is -6.07. The molecule has 0 aromatic carbocycles. The first-order chi connectivity index (χ1) is 35.5. The molecule has 2 aliphatic heterocycles. The van der Waals surface area contributed by atoms with Gasteiger partial charge in [-0.1, -0.05) is 5.92 Å². The number of hydrogen-bond acceptors (Lipinski definition) is 21. The van der Waals surface area contributed by atoms with Gasteiger partial charge in [0.15, 0.2) is 24.3 Å². The van der Waals surface area contributed by atoms with Crippen LogP contribution in [0.15, 0.2) is 28.7 Å². The third-order valence-corrected chi connectivity index (χ3v) is 10.4. The number of nitrogens with one attached hydrogen (secondary N) is 3. The Bertz CT molecular complexity index is 1850. The van der Waals surface area contributed by atoms with E-state index in [-0.39, 0.29) is 110 Å². The Kier molecular flexibility index (Phi) is 32.6. The van der Waals surface area contributed by atoms with Crippen molar-refractivity contribution in [1.29, 1.82) is 0 Å². The number of nitrogens with zero attached hydrogens (tertiary/aromatic N) is 2. The Morgan fingerprint density at radius 2 is 1.31 bits per heavy atom. The molecular weight excluding hydrogens is 991 g/mol. The number of hydrogen-bond donors (Lipinski definition) is 11. The predicted octanol–water partition coefficient (Wildman–Crippen LogP) is -3.72. The van der Waals surface area contributed by atoms with Crippen molar-refractivity contribution in [2.75, 3.05) is 119 Å². The van der Waals surface area contributed by atoms with Gasteiger partial charge in [-0.15, -0.1) is 6.42 Å². The Balaban J connectivity index is 1.86. The maximum Gasteiger partial charge on any atom is 0.407 e. The fraction of sp³-hybridized carbons (Fsp3) is 0.711. The third-order valence-electron chi connectivity index (χ3n) is 10.4. The standard InChI is InChI=1S/C45H73N7O22/c1-3-13-65-17-21-69-23-24-70-22-18-66-14-8-37(58)52(11-5-4-9-48-44(63)73-39(32(56)27-53)35-25-30(51-43(46)47)26-36(71-35)42(61)62)12-16-68-20-19-67-15-10-49-45(64)74-40(33(57)28-54)38-31(50-29(2)55)6-7-34(72-38)41(59)60/h1,7,26,30-33,35,38-40,53-54,56-57H,4-6,8-25,27-28H2,2H3,(H,48,63)(H,49,64)(H,50,55)(H,59,60)(H,61,62)(H4,46,47,51)/t30-,31-,32-,33-,35-,38-,39-,40-/m1/s1. The zero-order valence-corrected chi connectivity index (χ0v) is 41.4. The van der Waals surface area contributed by atoms with Gasteiger partial charge < -0.3 is 110 Å². The molecule has 29 heteroatoms. The lowest BCUT2D eigenvalue weighted by atomic mass is 9.95. The zero-order valence-electron chi connectivity index (χ0n) is 41.4. The summed E-state index contributed by atoms with van der Waals surface area (Å²) in [6.07, 6.45) is -2.93. The van der Waals surface area contributed by atoms with Crippen molar-refractivity contribution in [3.63, 3.8) is 0 Å². The number of carboxylic acid groups (broad SMARTS) is 2. The molecule has 0 radical (unpaired) electrons. The molecule has 29 nitrogen and oxygen atoms in total. The molecule has 2 heterocycles. The number of aliphatic hydroxyl groups excluding tert-OH is 4. The smallest absolute Gasteiger partial charge is 0.407 e. The lowest BCUT2D eigenvalue weighted by Crippen LogP contribution is -2.57. The van der Waals surface area contributed by atoms with Gasteiger partial charge in [0, 0.05) is 39.5 Å². The Labute approximate surface area is 427 Å². The van der Waals surface area contributed by atoms with Crippen molar-refractivity contribution in [1.82, 2.24) is 20.9 Å². The summed E-state index contributed by atoms with van der Waals surface area (Å²) >= 11 is 0. The number of terminal acetylenes is 1. The highest BCUT2D eigenvalue weighted by Crippen LogP contribution is 2.26. The van der Waals surface area contributed by atoms with Crippen molar-refractivity contribution in [2.24, 2.45) is 16.5 Å². The van der Waals surface area contributed by atoms with Crippen LogP contribution in [0.5, 0.6) is 0 Å². The second-order valence-corrected chi connectivity index (χ2v) is 16.1. The quantitative estimate of drug-likeness (QED) is 0.0122. The molecule has 74 heavy (non-hydrogen) atoms.